The molecule has 0 spiro atoms. The molecule has 7 nitrogen and oxygen atoms in total. The standard InChI is InChI=1S/C17H17N3O4/c1-3-20-10-11(9-18-20)19-17(22)14-8-16(21)24-15-7-12(23-4-2)5-6-13(14)15/h5-10H,3-4H2,1-2H3,(H,19,22). The van der Waals surface area contributed by atoms with Gasteiger partial charge in [-0.05, 0) is 26.0 Å². The summed E-state index contributed by atoms with van der Waals surface area (Å²) < 4.78 is 12.3. The maximum Gasteiger partial charge on any atom is 0.337 e. The number of carbonyl (C=O) groups is 1. The molecule has 124 valence electrons. The van der Waals surface area contributed by atoms with Gasteiger partial charge in [0.15, 0.2) is 0 Å². The van der Waals surface area contributed by atoms with Crippen molar-refractivity contribution in [3.8, 4) is 5.75 Å². The van der Waals surface area contributed by atoms with Gasteiger partial charge >= 0.3 is 5.63 Å². The third-order valence-electron chi connectivity index (χ3n) is 3.49. The van der Waals surface area contributed by atoms with Crippen molar-refractivity contribution in [3.63, 3.8) is 0 Å². The summed E-state index contributed by atoms with van der Waals surface area (Å²) in [6.45, 7) is 5.01. The van der Waals surface area contributed by atoms with Gasteiger partial charge in [-0.3, -0.25) is 9.48 Å². The first-order valence-corrected chi connectivity index (χ1v) is 7.65. The number of hydrogen-bond donors (Lipinski definition) is 1. The molecule has 0 aliphatic rings. The number of anilines is 1. The van der Waals surface area contributed by atoms with Gasteiger partial charge in [0.2, 0.25) is 0 Å². The van der Waals surface area contributed by atoms with Crippen LogP contribution in [0.2, 0.25) is 0 Å². The molecule has 24 heavy (non-hydrogen) atoms. The highest BCUT2D eigenvalue weighted by molar-refractivity contribution is 6.11. The van der Waals surface area contributed by atoms with Crippen LogP contribution in [0.1, 0.15) is 24.2 Å². The number of aromatic nitrogens is 2. The second kappa shape index (κ2) is 6.57. The number of hydrogen-bond acceptors (Lipinski definition) is 5. The van der Waals surface area contributed by atoms with E-state index in [1.54, 1.807) is 35.3 Å². The van der Waals surface area contributed by atoms with Crippen LogP contribution in [0.4, 0.5) is 5.69 Å². The van der Waals surface area contributed by atoms with Crippen molar-refractivity contribution < 1.29 is 13.9 Å². The van der Waals surface area contributed by atoms with Gasteiger partial charge in [-0.15, -0.1) is 0 Å². The van der Waals surface area contributed by atoms with Gasteiger partial charge in [-0.1, -0.05) is 0 Å². The van der Waals surface area contributed by atoms with Gasteiger partial charge in [-0.25, -0.2) is 4.79 Å². The molecule has 0 aliphatic carbocycles. The molecule has 1 aromatic carbocycles. The minimum absolute atomic E-state index is 0.244. The quantitative estimate of drug-likeness (QED) is 0.728. The van der Waals surface area contributed by atoms with E-state index in [1.807, 2.05) is 13.8 Å². The molecule has 0 atom stereocenters. The summed E-state index contributed by atoms with van der Waals surface area (Å²) in [6.07, 6.45) is 3.28. The molecule has 2 heterocycles. The number of ether oxygens (including phenoxy) is 1. The average Bonchev–Trinajstić information content (AvgIpc) is 3.01. The topological polar surface area (TPSA) is 86.4 Å². The van der Waals surface area contributed by atoms with Gasteiger partial charge in [0, 0.05) is 30.3 Å². The molecular formula is C17H17N3O4. The van der Waals surface area contributed by atoms with Crippen LogP contribution in [0.3, 0.4) is 0 Å². The van der Waals surface area contributed by atoms with E-state index in [0.717, 1.165) is 0 Å². The van der Waals surface area contributed by atoms with Crippen LogP contribution in [0.5, 0.6) is 5.75 Å². The van der Waals surface area contributed by atoms with Crippen LogP contribution in [-0.2, 0) is 6.54 Å². The van der Waals surface area contributed by atoms with Gasteiger partial charge < -0.3 is 14.5 Å². The Morgan fingerprint density at radius 3 is 2.88 bits per heavy atom. The van der Waals surface area contributed by atoms with E-state index in [1.165, 1.54) is 6.07 Å². The van der Waals surface area contributed by atoms with Gasteiger partial charge in [0.25, 0.3) is 5.91 Å². The highest BCUT2D eigenvalue weighted by Gasteiger charge is 2.15. The normalized spacial score (nSPS) is 10.8. The minimum atomic E-state index is -0.592. The Kier molecular flexibility index (Phi) is 4.33. The summed E-state index contributed by atoms with van der Waals surface area (Å²) in [5.74, 6) is 0.183. The van der Waals surface area contributed by atoms with Crippen molar-refractivity contribution in [2.24, 2.45) is 0 Å². The van der Waals surface area contributed by atoms with E-state index < -0.39 is 11.5 Å². The first kappa shape index (κ1) is 15.8. The fraction of sp³-hybridized carbons (Fsp3) is 0.235. The second-order valence-electron chi connectivity index (χ2n) is 5.11. The summed E-state index contributed by atoms with van der Waals surface area (Å²) in [7, 11) is 0. The molecule has 7 heteroatoms. The summed E-state index contributed by atoms with van der Waals surface area (Å²) >= 11 is 0. The summed E-state index contributed by atoms with van der Waals surface area (Å²) in [5, 5.41) is 7.38. The van der Waals surface area contributed by atoms with Crippen molar-refractivity contribution in [2.75, 3.05) is 11.9 Å². The largest absolute Gasteiger partial charge is 0.494 e. The predicted molar refractivity (Wildman–Crippen MR) is 89.5 cm³/mol. The monoisotopic (exact) mass is 327 g/mol. The van der Waals surface area contributed by atoms with Crippen LogP contribution in [0, 0.1) is 0 Å². The number of rotatable bonds is 5. The lowest BCUT2D eigenvalue weighted by molar-refractivity contribution is 0.102. The molecule has 0 aliphatic heterocycles. The van der Waals surface area contributed by atoms with Crippen LogP contribution in [-0.4, -0.2) is 22.3 Å². The Morgan fingerprint density at radius 1 is 1.33 bits per heavy atom. The van der Waals surface area contributed by atoms with Gasteiger partial charge in [0.05, 0.1) is 24.1 Å². The third kappa shape index (κ3) is 3.15. The lowest BCUT2D eigenvalue weighted by Crippen LogP contribution is -2.15. The van der Waals surface area contributed by atoms with Crippen molar-refractivity contribution in [1.82, 2.24) is 9.78 Å². The molecule has 0 saturated heterocycles. The van der Waals surface area contributed by atoms with E-state index in [4.69, 9.17) is 9.15 Å². The molecule has 1 N–H and O–H groups in total. The summed E-state index contributed by atoms with van der Waals surface area (Å²) in [6, 6.07) is 6.22. The Hall–Kier alpha value is -3.09. The van der Waals surface area contributed by atoms with Crippen LogP contribution < -0.4 is 15.7 Å². The minimum Gasteiger partial charge on any atom is -0.494 e. The zero-order valence-electron chi connectivity index (χ0n) is 13.4. The highest BCUT2D eigenvalue weighted by atomic mass is 16.5. The number of nitrogens with zero attached hydrogens (tertiary/aromatic N) is 2. The van der Waals surface area contributed by atoms with Crippen LogP contribution in [0.25, 0.3) is 11.0 Å². The molecule has 0 bridgehead atoms. The molecule has 1 amide bonds. The molecule has 3 aromatic rings. The molecule has 0 unspecified atom stereocenters. The Bertz CT molecular complexity index is 942. The fourth-order valence-corrected chi connectivity index (χ4v) is 2.39. The zero-order chi connectivity index (χ0) is 17.1. The number of benzene rings is 1. The van der Waals surface area contributed by atoms with E-state index >= 15 is 0 Å². The first-order valence-electron chi connectivity index (χ1n) is 7.65. The van der Waals surface area contributed by atoms with Crippen LogP contribution in [0.15, 0.2) is 45.9 Å². The maximum atomic E-state index is 12.5. The average molecular weight is 327 g/mol. The number of fused-ring (bicyclic) bond motifs is 1. The molecule has 0 fully saturated rings. The highest BCUT2D eigenvalue weighted by Crippen LogP contribution is 2.23. The smallest absolute Gasteiger partial charge is 0.337 e. The lowest BCUT2D eigenvalue weighted by atomic mass is 10.1. The Balaban J connectivity index is 1.98. The number of carbonyl (C=O) groups excluding carboxylic acids is 1. The number of aryl methyl sites for hydroxylation is 1. The molecule has 3 rings (SSSR count). The molecule has 2 aromatic heterocycles. The number of amides is 1. The molecule has 0 radical (unpaired) electrons. The lowest BCUT2D eigenvalue weighted by Gasteiger charge is -2.07. The fourth-order valence-electron chi connectivity index (χ4n) is 2.39. The van der Waals surface area contributed by atoms with E-state index in [2.05, 4.69) is 10.4 Å². The van der Waals surface area contributed by atoms with E-state index in [9.17, 15) is 9.59 Å². The Labute approximate surface area is 137 Å². The number of nitrogens with one attached hydrogen (secondary N) is 1. The maximum absolute atomic E-state index is 12.5. The van der Waals surface area contributed by atoms with Gasteiger partial charge in [-0.2, -0.15) is 5.10 Å². The van der Waals surface area contributed by atoms with Crippen molar-refractivity contribution >= 4 is 22.6 Å². The molecular weight excluding hydrogens is 310 g/mol. The zero-order valence-corrected chi connectivity index (χ0v) is 13.4. The SMILES string of the molecule is CCOc1ccc2c(C(=O)Nc3cnn(CC)c3)cc(=O)oc2c1. The Morgan fingerprint density at radius 2 is 2.17 bits per heavy atom. The third-order valence-corrected chi connectivity index (χ3v) is 3.49. The van der Waals surface area contributed by atoms with E-state index in [0.29, 0.717) is 35.6 Å². The second-order valence-corrected chi connectivity index (χ2v) is 5.11. The summed E-state index contributed by atoms with van der Waals surface area (Å²) in [5.41, 5.74) is 0.524. The predicted octanol–water partition coefficient (Wildman–Crippen LogP) is 2.66. The summed E-state index contributed by atoms with van der Waals surface area (Å²) in [4.78, 5) is 24.3. The first-order chi connectivity index (χ1) is 11.6. The van der Waals surface area contributed by atoms with Crippen molar-refractivity contribution in [1.29, 1.82) is 0 Å². The van der Waals surface area contributed by atoms with Crippen LogP contribution >= 0.6 is 0 Å². The molecule has 0 saturated carbocycles. The van der Waals surface area contributed by atoms with Crippen molar-refractivity contribution in [2.45, 2.75) is 20.4 Å². The van der Waals surface area contributed by atoms with Crippen molar-refractivity contribution in [3.05, 3.63) is 52.6 Å². The van der Waals surface area contributed by atoms with Gasteiger partial charge in [0.1, 0.15) is 11.3 Å². The van der Waals surface area contributed by atoms with E-state index in [-0.39, 0.29) is 5.56 Å².